The summed E-state index contributed by atoms with van der Waals surface area (Å²) in [5.74, 6) is 1.56. The number of fused-ring (bicyclic) bond motifs is 1. The third-order valence-electron chi connectivity index (χ3n) is 4.45. The minimum Gasteiger partial charge on any atom is -0.329 e. The number of nitrogens with zero attached hydrogens (tertiary/aromatic N) is 4. The van der Waals surface area contributed by atoms with E-state index < -0.39 is 0 Å². The first kappa shape index (κ1) is 14.2. The topological polar surface area (TPSA) is 60.0 Å². The smallest absolute Gasteiger partial charge is 0.147 e. The molecule has 1 aromatic heterocycles. The van der Waals surface area contributed by atoms with Crippen molar-refractivity contribution in [2.45, 2.75) is 38.4 Å². The normalized spacial score (nSPS) is 18.2. The molecule has 0 radical (unpaired) electrons. The molecule has 2 unspecified atom stereocenters. The summed E-state index contributed by atoms with van der Waals surface area (Å²) in [5, 5.41) is 8.18. The van der Waals surface area contributed by atoms with Crippen LogP contribution < -0.4 is 5.73 Å². The molecule has 0 bridgehead atoms. The van der Waals surface area contributed by atoms with Gasteiger partial charge in [0.05, 0.1) is 6.54 Å². The molecule has 1 aliphatic heterocycles. The first-order valence-corrected chi connectivity index (χ1v) is 7.63. The van der Waals surface area contributed by atoms with Gasteiger partial charge in [-0.25, -0.2) is 0 Å². The highest BCUT2D eigenvalue weighted by molar-refractivity contribution is 5.19. The minimum absolute atomic E-state index is 0.394. The van der Waals surface area contributed by atoms with Gasteiger partial charge < -0.3 is 10.3 Å². The van der Waals surface area contributed by atoms with Crippen LogP contribution in [0.15, 0.2) is 36.7 Å². The molecule has 112 valence electrons. The molecule has 0 spiro atoms. The molecular weight excluding hydrogens is 262 g/mol. The zero-order valence-corrected chi connectivity index (χ0v) is 12.5. The van der Waals surface area contributed by atoms with Crippen molar-refractivity contribution in [3.63, 3.8) is 0 Å². The fourth-order valence-corrected chi connectivity index (χ4v) is 3.12. The molecule has 0 saturated carbocycles. The summed E-state index contributed by atoms with van der Waals surface area (Å²) in [4.78, 5) is 2.45. The molecule has 0 fully saturated rings. The van der Waals surface area contributed by atoms with Gasteiger partial charge in [0, 0.05) is 25.7 Å². The van der Waals surface area contributed by atoms with Gasteiger partial charge in [0.2, 0.25) is 0 Å². The van der Waals surface area contributed by atoms with Crippen LogP contribution in [-0.4, -0.2) is 38.8 Å². The largest absolute Gasteiger partial charge is 0.329 e. The molecule has 5 heteroatoms. The third kappa shape index (κ3) is 3.14. The molecule has 2 atom stereocenters. The van der Waals surface area contributed by atoms with Crippen LogP contribution in [0.1, 0.15) is 30.7 Å². The van der Waals surface area contributed by atoms with Crippen molar-refractivity contribution in [3.05, 3.63) is 48.0 Å². The van der Waals surface area contributed by atoms with E-state index in [0.717, 1.165) is 31.9 Å². The Hall–Kier alpha value is -1.72. The number of rotatable bonds is 5. The molecule has 1 aromatic carbocycles. The Morgan fingerprint density at radius 3 is 2.81 bits per heavy atom. The van der Waals surface area contributed by atoms with E-state index in [0.29, 0.717) is 18.5 Å². The van der Waals surface area contributed by atoms with Gasteiger partial charge in [0.15, 0.2) is 0 Å². The quantitative estimate of drug-likeness (QED) is 0.907. The first-order chi connectivity index (χ1) is 10.3. The highest BCUT2D eigenvalue weighted by atomic mass is 15.3. The zero-order chi connectivity index (χ0) is 14.7. The van der Waals surface area contributed by atoms with E-state index in [1.54, 1.807) is 0 Å². The van der Waals surface area contributed by atoms with Crippen molar-refractivity contribution in [3.8, 4) is 0 Å². The molecule has 2 heterocycles. The second kappa shape index (κ2) is 6.37. The van der Waals surface area contributed by atoms with E-state index in [4.69, 9.17) is 5.73 Å². The minimum atomic E-state index is 0.394. The van der Waals surface area contributed by atoms with E-state index >= 15 is 0 Å². The van der Waals surface area contributed by atoms with Crippen LogP contribution >= 0.6 is 0 Å². The molecular formula is C16H23N5. The highest BCUT2D eigenvalue weighted by Crippen LogP contribution is 2.24. The molecule has 3 rings (SSSR count). The van der Waals surface area contributed by atoms with Gasteiger partial charge in [-0.3, -0.25) is 4.90 Å². The molecule has 5 nitrogen and oxygen atoms in total. The summed E-state index contributed by atoms with van der Waals surface area (Å²) in [5.41, 5.74) is 7.43. The molecule has 0 saturated heterocycles. The predicted molar refractivity (Wildman–Crippen MR) is 82.7 cm³/mol. The fourth-order valence-electron chi connectivity index (χ4n) is 3.12. The van der Waals surface area contributed by atoms with E-state index in [1.807, 2.05) is 6.33 Å². The van der Waals surface area contributed by atoms with Crippen LogP contribution in [0.3, 0.4) is 0 Å². The van der Waals surface area contributed by atoms with Crippen LogP contribution in [0.2, 0.25) is 0 Å². The molecule has 2 N–H and O–H groups in total. The second-order valence-electron chi connectivity index (χ2n) is 5.85. The summed E-state index contributed by atoms with van der Waals surface area (Å²) in [6.07, 6.45) is 2.89. The van der Waals surface area contributed by atoms with Crippen molar-refractivity contribution in [2.24, 2.45) is 5.73 Å². The van der Waals surface area contributed by atoms with Gasteiger partial charge in [-0.05, 0) is 17.9 Å². The summed E-state index contributed by atoms with van der Waals surface area (Å²) in [6, 6.07) is 11.1. The van der Waals surface area contributed by atoms with Gasteiger partial charge in [0.25, 0.3) is 0 Å². The van der Waals surface area contributed by atoms with Gasteiger partial charge in [0.1, 0.15) is 12.2 Å². The second-order valence-corrected chi connectivity index (χ2v) is 5.85. The third-order valence-corrected chi connectivity index (χ3v) is 4.45. The first-order valence-electron chi connectivity index (χ1n) is 7.63. The summed E-state index contributed by atoms with van der Waals surface area (Å²) in [6.45, 7) is 5.80. The molecule has 0 aliphatic carbocycles. The molecule has 2 aromatic rings. The Bertz CT molecular complexity index is 565. The summed E-state index contributed by atoms with van der Waals surface area (Å²) < 4.78 is 2.13. The maximum atomic E-state index is 6.04. The van der Waals surface area contributed by atoms with Crippen LogP contribution in [-0.2, 0) is 13.1 Å². The van der Waals surface area contributed by atoms with Crippen molar-refractivity contribution in [1.29, 1.82) is 0 Å². The van der Waals surface area contributed by atoms with Crippen molar-refractivity contribution < 1.29 is 0 Å². The lowest BCUT2D eigenvalue weighted by molar-refractivity contribution is 0.144. The van der Waals surface area contributed by atoms with Crippen LogP contribution in [0.4, 0.5) is 0 Å². The monoisotopic (exact) mass is 285 g/mol. The van der Waals surface area contributed by atoms with Crippen LogP contribution in [0.25, 0.3) is 0 Å². The molecule has 1 aliphatic rings. The summed E-state index contributed by atoms with van der Waals surface area (Å²) in [7, 11) is 0. The van der Waals surface area contributed by atoms with Crippen molar-refractivity contribution >= 4 is 0 Å². The Kier molecular flexibility index (Phi) is 4.31. The van der Waals surface area contributed by atoms with E-state index in [9.17, 15) is 0 Å². The number of nitrogens with two attached hydrogens (primary N) is 1. The van der Waals surface area contributed by atoms with E-state index in [1.165, 1.54) is 5.56 Å². The van der Waals surface area contributed by atoms with Crippen LogP contribution in [0.5, 0.6) is 0 Å². The number of aromatic nitrogens is 3. The van der Waals surface area contributed by atoms with Gasteiger partial charge in [-0.2, -0.15) is 0 Å². The summed E-state index contributed by atoms with van der Waals surface area (Å²) >= 11 is 0. The maximum absolute atomic E-state index is 6.04. The lowest BCUT2D eigenvalue weighted by Crippen LogP contribution is -2.45. The van der Waals surface area contributed by atoms with Crippen LogP contribution in [0, 0.1) is 0 Å². The standard InChI is InChI=1S/C16H23N5/c1-13(14-5-3-2-4-6-14)9-15(10-17)20-7-8-21-12-18-19-16(21)11-20/h2-6,12-13,15H,7-11,17H2,1H3. The highest BCUT2D eigenvalue weighted by Gasteiger charge is 2.25. The van der Waals surface area contributed by atoms with Gasteiger partial charge >= 0.3 is 0 Å². The van der Waals surface area contributed by atoms with E-state index in [2.05, 4.69) is 56.9 Å². The Morgan fingerprint density at radius 1 is 1.24 bits per heavy atom. The van der Waals surface area contributed by atoms with Crippen molar-refractivity contribution in [2.75, 3.05) is 13.1 Å². The average Bonchev–Trinajstić information content (AvgIpc) is 3.00. The Labute approximate surface area is 125 Å². The van der Waals surface area contributed by atoms with Gasteiger partial charge in [-0.1, -0.05) is 37.3 Å². The SMILES string of the molecule is CC(CC(CN)N1CCn2cnnc2C1)c1ccccc1. The Morgan fingerprint density at radius 2 is 2.05 bits per heavy atom. The average molecular weight is 285 g/mol. The zero-order valence-electron chi connectivity index (χ0n) is 12.5. The molecule has 21 heavy (non-hydrogen) atoms. The number of hydrogen-bond acceptors (Lipinski definition) is 4. The Balaban J connectivity index is 1.66. The lowest BCUT2D eigenvalue weighted by Gasteiger charge is -2.35. The number of hydrogen-bond donors (Lipinski definition) is 1. The van der Waals surface area contributed by atoms with Gasteiger partial charge in [-0.15, -0.1) is 10.2 Å². The van der Waals surface area contributed by atoms with E-state index in [-0.39, 0.29) is 0 Å². The maximum Gasteiger partial charge on any atom is 0.147 e. The molecule has 0 amide bonds. The van der Waals surface area contributed by atoms with Crippen molar-refractivity contribution in [1.82, 2.24) is 19.7 Å². The number of benzene rings is 1. The predicted octanol–water partition coefficient (Wildman–Crippen LogP) is 1.61. The lowest BCUT2D eigenvalue weighted by atomic mass is 9.93. The fraction of sp³-hybridized carbons (Fsp3) is 0.500.